The van der Waals surface area contributed by atoms with Crippen molar-refractivity contribution in [1.82, 2.24) is 4.57 Å². The van der Waals surface area contributed by atoms with Crippen LogP contribution in [0.5, 0.6) is 5.88 Å². The van der Waals surface area contributed by atoms with Crippen molar-refractivity contribution < 1.29 is 19.4 Å². The molecule has 0 fully saturated rings. The SMILES string of the molecule is C=CCn1c(O)c(C#N)c(=C)/c(=C\c2ccc(-c3cccc(C(=O)O)c3)o2)c1=O. The van der Waals surface area contributed by atoms with Crippen molar-refractivity contribution in [2.75, 3.05) is 0 Å². The number of aromatic hydroxyl groups is 1. The van der Waals surface area contributed by atoms with Crippen molar-refractivity contribution in [2.45, 2.75) is 6.54 Å². The van der Waals surface area contributed by atoms with Crippen molar-refractivity contribution in [3.8, 4) is 23.3 Å². The summed E-state index contributed by atoms with van der Waals surface area (Å²) in [5, 5.41) is 28.8. The largest absolute Gasteiger partial charge is 0.493 e. The van der Waals surface area contributed by atoms with E-state index in [4.69, 9.17) is 9.52 Å². The van der Waals surface area contributed by atoms with E-state index in [9.17, 15) is 20.0 Å². The van der Waals surface area contributed by atoms with Gasteiger partial charge in [-0.15, -0.1) is 6.58 Å². The molecule has 3 rings (SSSR count). The molecule has 7 nitrogen and oxygen atoms in total. The Morgan fingerprint density at radius 3 is 2.72 bits per heavy atom. The van der Waals surface area contributed by atoms with Gasteiger partial charge in [0.05, 0.1) is 10.8 Å². The van der Waals surface area contributed by atoms with Crippen LogP contribution in [0.25, 0.3) is 24.0 Å². The highest BCUT2D eigenvalue weighted by molar-refractivity contribution is 5.89. The van der Waals surface area contributed by atoms with E-state index in [-0.39, 0.29) is 28.1 Å². The molecule has 0 atom stereocenters. The lowest BCUT2D eigenvalue weighted by atomic mass is 10.1. The average Bonchev–Trinajstić information content (AvgIpc) is 3.18. The molecule has 0 radical (unpaired) electrons. The van der Waals surface area contributed by atoms with Crippen molar-refractivity contribution in [1.29, 1.82) is 5.26 Å². The van der Waals surface area contributed by atoms with Gasteiger partial charge in [-0.05, 0) is 30.3 Å². The van der Waals surface area contributed by atoms with E-state index in [2.05, 4.69) is 13.2 Å². The molecule has 29 heavy (non-hydrogen) atoms. The second-order valence-electron chi connectivity index (χ2n) is 6.14. The highest BCUT2D eigenvalue weighted by Crippen LogP contribution is 2.23. The summed E-state index contributed by atoms with van der Waals surface area (Å²) in [5.41, 5.74) is 0.0248. The number of carboxylic acids is 1. The van der Waals surface area contributed by atoms with Crippen LogP contribution in [0.3, 0.4) is 0 Å². The first-order valence-corrected chi connectivity index (χ1v) is 8.48. The molecular formula is C22H16N2O5. The van der Waals surface area contributed by atoms with Crippen LogP contribution in [0.1, 0.15) is 21.7 Å². The highest BCUT2D eigenvalue weighted by atomic mass is 16.4. The minimum Gasteiger partial charge on any atom is -0.493 e. The fourth-order valence-corrected chi connectivity index (χ4v) is 2.87. The van der Waals surface area contributed by atoms with Crippen LogP contribution in [-0.2, 0) is 6.54 Å². The number of carboxylic acid groups (broad SMARTS) is 1. The predicted molar refractivity (Wildman–Crippen MR) is 107 cm³/mol. The molecule has 7 heteroatoms. The summed E-state index contributed by atoms with van der Waals surface area (Å²) in [4.78, 5) is 23.9. The number of benzene rings is 1. The van der Waals surface area contributed by atoms with E-state index >= 15 is 0 Å². The lowest BCUT2D eigenvalue weighted by molar-refractivity contribution is 0.0697. The van der Waals surface area contributed by atoms with Crippen LogP contribution in [0.15, 0.2) is 58.3 Å². The highest BCUT2D eigenvalue weighted by Gasteiger charge is 2.13. The first kappa shape index (κ1) is 19.5. The van der Waals surface area contributed by atoms with Gasteiger partial charge in [0.1, 0.15) is 23.2 Å². The van der Waals surface area contributed by atoms with Crippen LogP contribution in [-0.4, -0.2) is 20.7 Å². The molecule has 0 amide bonds. The first-order chi connectivity index (χ1) is 13.9. The molecule has 0 spiro atoms. The third kappa shape index (κ3) is 3.59. The third-order valence-electron chi connectivity index (χ3n) is 4.31. The van der Waals surface area contributed by atoms with Crippen LogP contribution >= 0.6 is 0 Å². The number of carbonyl (C=O) groups is 1. The maximum Gasteiger partial charge on any atom is 0.335 e. The van der Waals surface area contributed by atoms with Crippen LogP contribution in [0, 0.1) is 11.3 Å². The fraction of sp³-hybridized carbons (Fsp3) is 0.0455. The van der Waals surface area contributed by atoms with Gasteiger partial charge in [0.2, 0.25) is 5.88 Å². The van der Waals surface area contributed by atoms with Gasteiger partial charge in [0.25, 0.3) is 5.56 Å². The summed E-state index contributed by atoms with van der Waals surface area (Å²) < 4.78 is 6.75. The molecule has 0 aliphatic heterocycles. The number of allylic oxidation sites excluding steroid dienone is 1. The van der Waals surface area contributed by atoms with E-state index in [1.165, 1.54) is 24.3 Å². The average molecular weight is 388 g/mol. The number of rotatable bonds is 5. The van der Waals surface area contributed by atoms with Gasteiger partial charge in [0.15, 0.2) is 0 Å². The van der Waals surface area contributed by atoms with Gasteiger partial charge in [0, 0.05) is 17.3 Å². The van der Waals surface area contributed by atoms with Crippen LogP contribution in [0.4, 0.5) is 0 Å². The van der Waals surface area contributed by atoms with Gasteiger partial charge < -0.3 is 14.6 Å². The molecular weight excluding hydrogens is 372 g/mol. The molecule has 0 unspecified atom stereocenters. The molecule has 2 N–H and O–H groups in total. The molecule has 0 saturated carbocycles. The number of nitrogens with zero attached hydrogens (tertiary/aromatic N) is 2. The Balaban J connectivity index is 2.17. The Bertz CT molecular complexity index is 1340. The maximum absolute atomic E-state index is 12.7. The number of hydrogen-bond acceptors (Lipinski definition) is 5. The summed E-state index contributed by atoms with van der Waals surface area (Å²) in [6.07, 6.45) is 2.85. The molecule has 0 saturated heterocycles. The van der Waals surface area contributed by atoms with Gasteiger partial charge in [-0.1, -0.05) is 24.8 Å². The Morgan fingerprint density at radius 2 is 2.07 bits per heavy atom. The Hall–Kier alpha value is -4.31. The number of pyridine rings is 1. The molecule has 144 valence electrons. The molecule has 0 bridgehead atoms. The second kappa shape index (κ2) is 7.74. The Labute approximate surface area is 165 Å². The number of hydrogen-bond donors (Lipinski definition) is 2. The van der Waals surface area contributed by atoms with Crippen LogP contribution < -0.4 is 16.0 Å². The zero-order valence-corrected chi connectivity index (χ0v) is 15.3. The maximum atomic E-state index is 12.7. The van der Waals surface area contributed by atoms with Crippen LogP contribution in [0.2, 0.25) is 0 Å². The predicted octanol–water partition coefficient (Wildman–Crippen LogP) is 1.81. The van der Waals surface area contributed by atoms with Crippen molar-refractivity contribution in [3.05, 3.63) is 86.7 Å². The molecule has 0 aliphatic carbocycles. The molecule has 3 aromatic rings. The van der Waals surface area contributed by atoms with E-state index in [1.807, 2.05) is 6.07 Å². The lowest BCUT2D eigenvalue weighted by Crippen LogP contribution is -2.45. The summed E-state index contributed by atoms with van der Waals surface area (Å²) in [6, 6.07) is 11.4. The second-order valence-corrected chi connectivity index (χ2v) is 6.14. The summed E-state index contributed by atoms with van der Waals surface area (Å²) >= 11 is 0. The third-order valence-corrected chi connectivity index (χ3v) is 4.31. The van der Waals surface area contributed by atoms with E-state index < -0.39 is 17.4 Å². The minimum absolute atomic E-state index is 0.0197. The van der Waals surface area contributed by atoms with E-state index in [0.717, 1.165) is 4.57 Å². The minimum atomic E-state index is -1.05. The van der Waals surface area contributed by atoms with Gasteiger partial charge in [-0.25, -0.2) is 4.79 Å². The monoisotopic (exact) mass is 388 g/mol. The van der Waals surface area contributed by atoms with Gasteiger partial charge >= 0.3 is 5.97 Å². The fourth-order valence-electron chi connectivity index (χ4n) is 2.87. The summed E-state index contributed by atoms with van der Waals surface area (Å²) in [5.74, 6) is -0.800. The number of aromatic carboxylic acids is 1. The number of aromatic nitrogens is 1. The lowest BCUT2D eigenvalue weighted by Gasteiger charge is -2.07. The normalized spacial score (nSPS) is 11.2. The Morgan fingerprint density at radius 1 is 1.31 bits per heavy atom. The number of furan rings is 1. The molecule has 2 aromatic heterocycles. The summed E-state index contributed by atoms with van der Waals surface area (Å²) in [7, 11) is 0. The quantitative estimate of drug-likeness (QED) is 0.644. The smallest absolute Gasteiger partial charge is 0.335 e. The van der Waals surface area contributed by atoms with Crippen molar-refractivity contribution in [2.24, 2.45) is 0 Å². The zero-order chi connectivity index (χ0) is 21.1. The molecule has 2 heterocycles. The standard InChI is InChI=1S/C22H16N2O5/c1-3-9-24-20(25)17(13(2)18(12-23)21(24)26)11-16-7-8-19(29-16)14-5-4-6-15(10-14)22(27)28/h3-8,10-11,26H,1-2,9H2,(H,27,28)/b17-11+. The molecule has 0 aliphatic rings. The topological polar surface area (TPSA) is 116 Å². The Kier molecular flexibility index (Phi) is 5.19. The van der Waals surface area contributed by atoms with Gasteiger partial charge in [-0.3, -0.25) is 9.36 Å². The van der Waals surface area contributed by atoms with Crippen molar-refractivity contribution >= 4 is 18.6 Å². The van der Waals surface area contributed by atoms with Gasteiger partial charge in [-0.2, -0.15) is 5.26 Å². The van der Waals surface area contributed by atoms with Crippen molar-refractivity contribution in [3.63, 3.8) is 0 Å². The molecule has 1 aromatic carbocycles. The zero-order valence-electron chi connectivity index (χ0n) is 15.3. The van der Waals surface area contributed by atoms with E-state index in [1.54, 1.807) is 24.3 Å². The first-order valence-electron chi connectivity index (χ1n) is 8.48. The number of nitriles is 1. The summed E-state index contributed by atoms with van der Waals surface area (Å²) in [6.45, 7) is 7.31. The van der Waals surface area contributed by atoms with E-state index in [0.29, 0.717) is 17.1 Å².